The molecule has 33 aromatic rings. The zero-order valence-corrected chi connectivity index (χ0v) is 78.4. The van der Waals surface area contributed by atoms with Crippen LogP contribution in [0.1, 0.15) is 0 Å². The molecule has 0 aliphatic rings. The van der Waals surface area contributed by atoms with Crippen molar-refractivity contribution in [3.63, 3.8) is 0 Å². The Kier molecular flexibility index (Phi) is 19.7. The highest BCUT2D eigenvalue weighted by Crippen LogP contribution is 2.45. The predicted molar refractivity (Wildman–Crippen MR) is 590 cm³/mol. The second-order valence-electron chi connectivity index (χ2n) is 36.1. The van der Waals surface area contributed by atoms with Gasteiger partial charge in [-0.15, -0.1) is 0 Å². The maximum Gasteiger partial charge on any atom is 0.238 e. The summed E-state index contributed by atoms with van der Waals surface area (Å²) < 4.78 is 41.2. The Hall–Kier alpha value is -20.8. The molecule has 17 heterocycles. The van der Waals surface area contributed by atoms with E-state index in [2.05, 4.69) is 290 Å². The Balaban J connectivity index is 0.0000000875. The Morgan fingerprint density at radius 2 is 0.399 bits per heavy atom. The molecule has 22 nitrogen and oxygen atoms in total. The van der Waals surface area contributed by atoms with Crippen LogP contribution in [0.15, 0.2) is 478 Å². The van der Waals surface area contributed by atoms with Crippen LogP contribution in [0.3, 0.4) is 0 Å². The van der Waals surface area contributed by atoms with E-state index in [4.69, 9.17) is 57.0 Å². The Morgan fingerprint density at radius 1 is 0.162 bits per heavy atom. The average molecular weight is 1910 g/mol. The number of aromatic nitrogens is 17. The summed E-state index contributed by atoms with van der Waals surface area (Å²) in [5.74, 6) is 3.24. The molecular formula is C126H75N17O5. The lowest BCUT2D eigenvalue weighted by Gasteiger charge is -2.09. The van der Waals surface area contributed by atoms with Gasteiger partial charge in [-0.3, -0.25) is 32.8 Å². The minimum Gasteiger partial charge on any atom is -0.438 e. The number of rotatable bonds is 8. The summed E-state index contributed by atoms with van der Waals surface area (Å²) in [6.07, 6.45) is 10.6. The van der Waals surface area contributed by atoms with Gasteiger partial charge in [-0.05, 0) is 115 Å². The SMILES string of the molecule is c1ccc(-c2nc(-n3c4ccccc4c4ccccc43)nc3oc4ccccc4c23)cc1.c1ccc2c(c1)oc1nc(-n3c4ccccc4c4ccccc43)nc(-c3ccncc3)c12.c1ccc2c(c1)oc1nc(-n3c4ccccc4c4ccccc43)nc(-c3ccncc3)c12.c1ccc2c(c1)oc1nc(-n3c4ccccc4c4ccccc43)ncc12.c1ccc2c(c1)oc1ncnc(-n3c4ccccc4c4ccccc43)c12. The van der Waals surface area contributed by atoms with Crippen molar-refractivity contribution >= 4 is 219 Å². The van der Waals surface area contributed by atoms with Gasteiger partial charge < -0.3 is 22.1 Å². The van der Waals surface area contributed by atoms with Crippen molar-refractivity contribution in [1.29, 1.82) is 0 Å². The first-order valence-electron chi connectivity index (χ1n) is 48.6. The predicted octanol–water partition coefficient (Wildman–Crippen LogP) is 31.2. The monoisotopic (exact) mass is 1910 g/mol. The maximum absolute atomic E-state index is 6.21. The third-order valence-electron chi connectivity index (χ3n) is 27.8. The number of hydrogen-bond donors (Lipinski definition) is 0. The molecule has 0 saturated carbocycles. The van der Waals surface area contributed by atoms with Crippen molar-refractivity contribution in [3.05, 3.63) is 456 Å². The summed E-state index contributed by atoms with van der Waals surface area (Å²) in [5.41, 5.74) is 23.4. The number of nitrogens with zero attached hydrogens (tertiary/aromatic N) is 17. The normalized spacial score (nSPS) is 11.8. The molecule has 16 aromatic carbocycles. The van der Waals surface area contributed by atoms with E-state index in [9.17, 15) is 0 Å². The lowest BCUT2D eigenvalue weighted by Crippen LogP contribution is -2.02. The van der Waals surface area contributed by atoms with Crippen LogP contribution in [-0.4, -0.2) is 82.6 Å². The highest BCUT2D eigenvalue weighted by atomic mass is 16.4. The van der Waals surface area contributed by atoms with Crippen LogP contribution in [0.25, 0.3) is 283 Å². The number of fused-ring (bicyclic) bond motifs is 30. The maximum atomic E-state index is 6.21. The third-order valence-corrected chi connectivity index (χ3v) is 27.8. The smallest absolute Gasteiger partial charge is 0.238 e. The van der Waals surface area contributed by atoms with Gasteiger partial charge in [0.2, 0.25) is 52.4 Å². The molecule has 0 saturated heterocycles. The van der Waals surface area contributed by atoms with Crippen LogP contribution < -0.4 is 0 Å². The van der Waals surface area contributed by atoms with E-state index in [-0.39, 0.29) is 0 Å². The quantitative estimate of drug-likeness (QED) is 0.137. The molecule has 17 aromatic heterocycles. The summed E-state index contributed by atoms with van der Waals surface area (Å²) in [5, 5.41) is 21.6. The van der Waals surface area contributed by atoms with Crippen molar-refractivity contribution in [2.24, 2.45) is 0 Å². The van der Waals surface area contributed by atoms with Crippen molar-refractivity contribution in [1.82, 2.24) is 82.6 Å². The molecule has 0 aliphatic carbocycles. The number of furan rings is 5. The lowest BCUT2D eigenvalue weighted by molar-refractivity contribution is 0.650. The number of pyridine rings is 2. The second-order valence-corrected chi connectivity index (χ2v) is 36.1. The van der Waals surface area contributed by atoms with Crippen molar-refractivity contribution < 1.29 is 22.1 Å². The lowest BCUT2D eigenvalue weighted by atomic mass is 10.1. The Bertz CT molecular complexity index is 10200. The second kappa shape index (κ2) is 34.6. The molecule has 0 fully saturated rings. The van der Waals surface area contributed by atoms with E-state index in [1.807, 2.05) is 182 Å². The van der Waals surface area contributed by atoms with Crippen LogP contribution in [0.5, 0.6) is 0 Å². The molecule has 0 N–H and O–H groups in total. The summed E-state index contributed by atoms with van der Waals surface area (Å²) >= 11 is 0. The summed E-state index contributed by atoms with van der Waals surface area (Å²) in [4.78, 5) is 56.9. The fraction of sp³-hybridized carbons (Fsp3) is 0. The van der Waals surface area contributed by atoms with Crippen molar-refractivity contribution in [2.45, 2.75) is 0 Å². The molecule has 33 rings (SSSR count). The Morgan fingerprint density at radius 3 is 0.723 bits per heavy atom. The van der Waals surface area contributed by atoms with Gasteiger partial charge in [0.05, 0.1) is 99.2 Å². The fourth-order valence-corrected chi connectivity index (χ4v) is 21.4. The third kappa shape index (κ3) is 13.7. The van der Waals surface area contributed by atoms with Gasteiger partial charge in [-0.1, -0.05) is 303 Å². The molecule has 0 radical (unpaired) electrons. The average Bonchev–Trinajstić information content (AvgIpc) is 1.58. The standard InChI is InChI=1S/C28H17N3O.2C27H16N4O.2C22H13N3O/c1-2-10-18(11-3-1)26-25-21-14-6-9-17-24(21)32-27(25)30-28(29-26)31-22-15-7-4-12-19(22)20-13-5-8-16-23(20)31;2*1-4-10-21-18(7-1)19-8-2-5-11-22(19)31(21)27-29-25(17-13-15-28-16-14-17)24-20-9-3-6-12-23(20)32-26(24)30-27;1-4-10-18-14(7-1)15-8-2-5-11-19(15)25(18)22-23-13-17-16-9-3-6-12-20(16)26-21(17)24-22;1-4-10-17-14(7-1)15-8-2-5-11-18(15)25(17)21-20-16-9-3-6-12-19(16)26-22(20)24-13-23-21/h1-17H;2*1-16H;2*1-13H. The molecule has 148 heavy (non-hydrogen) atoms. The van der Waals surface area contributed by atoms with Gasteiger partial charge in [-0.2, -0.15) is 19.9 Å². The van der Waals surface area contributed by atoms with Gasteiger partial charge in [0.25, 0.3) is 0 Å². The molecule has 0 spiro atoms. The van der Waals surface area contributed by atoms with Crippen LogP contribution >= 0.6 is 0 Å². The summed E-state index contributed by atoms with van der Waals surface area (Å²) in [6, 6.07) is 142. The first-order chi connectivity index (χ1) is 73.5. The molecular weight excluding hydrogens is 1830 g/mol. The van der Waals surface area contributed by atoms with Crippen LogP contribution in [0.4, 0.5) is 0 Å². The molecule has 0 atom stereocenters. The van der Waals surface area contributed by atoms with Gasteiger partial charge in [-0.25, -0.2) is 29.9 Å². The molecule has 0 amide bonds. The summed E-state index contributed by atoms with van der Waals surface area (Å²) in [7, 11) is 0. The van der Waals surface area contributed by atoms with Crippen LogP contribution in [0.2, 0.25) is 0 Å². The minimum absolute atomic E-state index is 0.574. The van der Waals surface area contributed by atoms with E-state index >= 15 is 0 Å². The van der Waals surface area contributed by atoms with Gasteiger partial charge in [0.1, 0.15) is 34.2 Å². The van der Waals surface area contributed by atoms with E-state index in [0.717, 1.165) is 177 Å². The minimum atomic E-state index is 0.574. The van der Waals surface area contributed by atoms with Gasteiger partial charge >= 0.3 is 0 Å². The first kappa shape index (κ1) is 84.1. The van der Waals surface area contributed by atoms with Crippen LogP contribution in [-0.2, 0) is 0 Å². The molecule has 0 unspecified atom stereocenters. The highest BCUT2D eigenvalue weighted by molar-refractivity contribution is 6.19. The van der Waals surface area contributed by atoms with Crippen LogP contribution in [0, 0.1) is 0 Å². The molecule has 0 bridgehead atoms. The van der Waals surface area contributed by atoms with Gasteiger partial charge in [0, 0.05) is 128 Å². The van der Waals surface area contributed by atoms with Crippen molar-refractivity contribution in [3.8, 4) is 63.4 Å². The van der Waals surface area contributed by atoms with E-state index in [0.29, 0.717) is 52.4 Å². The summed E-state index contributed by atoms with van der Waals surface area (Å²) in [6.45, 7) is 0. The molecule has 0 aliphatic heterocycles. The first-order valence-corrected chi connectivity index (χ1v) is 48.6. The zero-order valence-electron chi connectivity index (χ0n) is 78.4. The molecule has 22 heteroatoms. The van der Waals surface area contributed by atoms with E-state index < -0.39 is 0 Å². The number of para-hydroxylation sites is 15. The van der Waals surface area contributed by atoms with E-state index in [1.165, 1.54) is 53.9 Å². The highest BCUT2D eigenvalue weighted by Gasteiger charge is 2.28. The topological polar surface area (TPSA) is 245 Å². The van der Waals surface area contributed by atoms with E-state index in [1.54, 1.807) is 31.1 Å². The van der Waals surface area contributed by atoms with Gasteiger partial charge in [0.15, 0.2) is 5.82 Å². The zero-order chi connectivity index (χ0) is 97.4. The fourth-order valence-electron chi connectivity index (χ4n) is 21.4. The molecule has 694 valence electrons. The number of hydrogen-bond acceptors (Lipinski definition) is 17. The van der Waals surface area contributed by atoms with Crippen molar-refractivity contribution in [2.75, 3.05) is 0 Å². The largest absolute Gasteiger partial charge is 0.438 e. The number of benzene rings is 16. The Labute approximate surface area is 837 Å².